The third kappa shape index (κ3) is 7.75. The average molecular weight is 559 g/mol. The number of piperidine rings is 2. The lowest BCUT2D eigenvalue weighted by Crippen LogP contribution is -2.58. The maximum atomic E-state index is 11.8. The average Bonchev–Trinajstić information content (AvgIpc) is 2.81. The van der Waals surface area contributed by atoms with Crippen molar-refractivity contribution in [2.45, 2.75) is 116 Å². The van der Waals surface area contributed by atoms with E-state index in [9.17, 15) is 20.2 Å². The van der Waals surface area contributed by atoms with E-state index in [1.807, 2.05) is 10.1 Å². The minimum Gasteiger partial charge on any atom is -0.287 e. The number of rotatable bonds is 10. The largest absolute Gasteiger partial charge is 0.287 e. The summed E-state index contributed by atoms with van der Waals surface area (Å²) in [5.74, 6) is 0. The van der Waals surface area contributed by atoms with E-state index in [4.69, 9.17) is 9.68 Å². The van der Waals surface area contributed by atoms with Crippen molar-refractivity contribution in [1.29, 1.82) is 0 Å². The number of hydrogen-bond acceptors (Lipinski definition) is 8. The molecule has 2 heterocycles. The molecule has 0 spiro atoms. The van der Waals surface area contributed by atoms with Crippen molar-refractivity contribution in [1.82, 2.24) is 10.1 Å². The van der Waals surface area contributed by atoms with Crippen LogP contribution in [0.3, 0.4) is 0 Å². The molecule has 40 heavy (non-hydrogen) atoms. The van der Waals surface area contributed by atoms with Gasteiger partial charge in [0.25, 0.3) is 11.4 Å². The predicted molar refractivity (Wildman–Crippen MR) is 156 cm³/mol. The Labute approximate surface area is 238 Å². The van der Waals surface area contributed by atoms with Gasteiger partial charge in [0.1, 0.15) is 0 Å². The highest BCUT2D eigenvalue weighted by atomic mass is 16.7. The Morgan fingerprint density at radius 2 is 0.950 bits per heavy atom. The molecule has 2 aliphatic heterocycles. The second-order valence-corrected chi connectivity index (χ2v) is 13.5. The van der Waals surface area contributed by atoms with Gasteiger partial charge in [-0.2, -0.15) is 10.1 Å². The Kier molecular flexibility index (Phi) is 9.61. The summed E-state index contributed by atoms with van der Waals surface area (Å²) in [5.41, 5.74) is 0.189. The first kappa shape index (κ1) is 31.9. The molecular formula is C30H46N4O6. The highest BCUT2D eigenvalue weighted by Gasteiger charge is 2.44. The van der Waals surface area contributed by atoms with E-state index in [2.05, 4.69) is 55.4 Å². The lowest BCUT2D eigenvalue weighted by atomic mass is 9.82. The van der Waals surface area contributed by atoms with Crippen molar-refractivity contribution in [3.05, 3.63) is 67.0 Å². The van der Waals surface area contributed by atoms with Crippen LogP contribution in [-0.2, 0) is 9.68 Å². The summed E-state index contributed by atoms with van der Waals surface area (Å²) in [6.45, 7) is 16.4. The van der Waals surface area contributed by atoms with E-state index >= 15 is 0 Å². The quantitative estimate of drug-likeness (QED) is 0.226. The van der Waals surface area contributed by atoms with E-state index < -0.39 is 9.85 Å². The monoisotopic (exact) mass is 558 g/mol. The molecule has 1 aromatic rings. The molecule has 2 saturated heterocycles. The maximum Gasteiger partial charge on any atom is 0.274 e. The lowest BCUT2D eigenvalue weighted by Gasteiger charge is -2.51. The fraction of sp³-hybridized carbons (Fsp3) is 0.667. The minimum atomic E-state index is -0.427. The molecule has 10 nitrogen and oxygen atoms in total. The molecule has 0 N–H and O–H groups in total. The van der Waals surface area contributed by atoms with E-state index in [1.54, 1.807) is 24.3 Å². The fourth-order valence-corrected chi connectivity index (χ4v) is 6.28. The molecule has 2 fully saturated rings. The number of hydrogen-bond donors (Lipinski definition) is 0. The zero-order valence-corrected chi connectivity index (χ0v) is 25.4. The normalized spacial score (nSPS) is 23.1. The van der Waals surface area contributed by atoms with Crippen molar-refractivity contribution in [2.75, 3.05) is 13.2 Å². The predicted octanol–water partition coefficient (Wildman–Crippen LogP) is 6.87. The third-order valence-electron chi connectivity index (χ3n) is 8.11. The van der Waals surface area contributed by atoms with Crippen molar-refractivity contribution in [2.24, 2.45) is 0 Å². The second kappa shape index (κ2) is 12.1. The van der Waals surface area contributed by atoms with Crippen molar-refractivity contribution in [3.63, 3.8) is 0 Å². The first-order valence-corrected chi connectivity index (χ1v) is 14.1. The Morgan fingerprint density at radius 1 is 0.675 bits per heavy atom. The molecule has 3 rings (SSSR count). The van der Waals surface area contributed by atoms with E-state index in [-0.39, 0.29) is 46.8 Å². The van der Waals surface area contributed by atoms with E-state index in [0.717, 1.165) is 38.5 Å². The van der Waals surface area contributed by atoms with Crippen LogP contribution >= 0.6 is 0 Å². The Morgan fingerprint density at radius 3 is 1.20 bits per heavy atom. The molecule has 0 bridgehead atoms. The smallest absolute Gasteiger partial charge is 0.274 e. The van der Waals surface area contributed by atoms with Crippen LogP contribution in [0.1, 0.15) is 105 Å². The molecule has 0 saturated carbocycles. The maximum absolute atomic E-state index is 11.8. The number of hydroxylamine groups is 4. The SMILES string of the molecule is CC1(C)CCCC(C)(C)N1OC/C(=C\c1ccc(/C=C(\CON2C(C)(C)CCCC2(C)C)[N+](=O)[O-])cc1)[N+](=O)[O-]. The molecule has 1 aromatic carbocycles. The molecular weight excluding hydrogens is 512 g/mol. The highest BCUT2D eigenvalue weighted by molar-refractivity contribution is 5.57. The van der Waals surface area contributed by atoms with Gasteiger partial charge in [0.2, 0.25) is 0 Å². The van der Waals surface area contributed by atoms with E-state index in [0.29, 0.717) is 11.1 Å². The zero-order chi connectivity index (χ0) is 29.9. The molecule has 0 amide bonds. The summed E-state index contributed by atoms with van der Waals surface area (Å²) in [5, 5.41) is 27.4. The van der Waals surface area contributed by atoms with Gasteiger partial charge in [-0.15, -0.1) is 0 Å². The summed E-state index contributed by atoms with van der Waals surface area (Å²) in [6, 6.07) is 6.83. The first-order valence-electron chi connectivity index (χ1n) is 14.1. The first-order chi connectivity index (χ1) is 18.4. The van der Waals surface area contributed by atoms with Gasteiger partial charge >= 0.3 is 0 Å². The Hall–Kier alpha value is -2.66. The topological polar surface area (TPSA) is 111 Å². The van der Waals surface area contributed by atoms with Gasteiger partial charge in [0, 0.05) is 34.3 Å². The number of nitrogens with zero attached hydrogens (tertiary/aromatic N) is 4. The molecule has 222 valence electrons. The van der Waals surface area contributed by atoms with Gasteiger partial charge in [0.05, 0.1) is 9.85 Å². The second-order valence-electron chi connectivity index (χ2n) is 13.5. The minimum absolute atomic E-state index is 0.0633. The van der Waals surface area contributed by atoms with Crippen LogP contribution < -0.4 is 0 Å². The standard InChI is InChI=1S/C30H46N4O6/c1-27(2)15-9-16-28(3,4)33(27)39-21-25(31(35)36)19-23-11-13-24(14-12-23)20-26(32(37)38)22-40-34-29(5,6)17-10-18-30(34,7)8/h11-14,19-20H,9-10,15-18,21-22H2,1-8H3/b25-19+,26-20+. The van der Waals surface area contributed by atoms with Crippen molar-refractivity contribution >= 4 is 12.2 Å². The summed E-state index contributed by atoms with van der Waals surface area (Å²) in [7, 11) is 0. The van der Waals surface area contributed by atoms with Gasteiger partial charge in [-0.05, 0) is 105 Å². The van der Waals surface area contributed by atoms with Crippen LogP contribution in [-0.4, -0.2) is 55.3 Å². The lowest BCUT2D eigenvalue weighted by molar-refractivity contribution is -0.437. The molecule has 0 atom stereocenters. The fourth-order valence-electron chi connectivity index (χ4n) is 6.28. The molecule has 10 heteroatoms. The molecule has 2 aliphatic rings. The molecule has 0 aliphatic carbocycles. The van der Waals surface area contributed by atoms with Gasteiger partial charge < -0.3 is 0 Å². The molecule has 0 unspecified atom stereocenters. The Balaban J connectivity index is 1.73. The summed E-state index contributed by atoms with van der Waals surface area (Å²) < 4.78 is 0. The summed E-state index contributed by atoms with van der Waals surface area (Å²) in [4.78, 5) is 34.9. The van der Waals surface area contributed by atoms with Crippen molar-refractivity contribution < 1.29 is 19.5 Å². The van der Waals surface area contributed by atoms with Crippen LogP contribution in [0.15, 0.2) is 35.7 Å². The van der Waals surface area contributed by atoms with Crippen LogP contribution in [0, 0.1) is 20.2 Å². The van der Waals surface area contributed by atoms with Gasteiger partial charge in [0.15, 0.2) is 13.2 Å². The zero-order valence-electron chi connectivity index (χ0n) is 25.4. The molecule has 0 aromatic heterocycles. The number of nitro groups is 2. The van der Waals surface area contributed by atoms with Gasteiger partial charge in [-0.1, -0.05) is 24.3 Å². The highest BCUT2D eigenvalue weighted by Crippen LogP contribution is 2.39. The van der Waals surface area contributed by atoms with Gasteiger partial charge in [-0.25, -0.2) is 0 Å². The third-order valence-corrected chi connectivity index (χ3v) is 8.11. The van der Waals surface area contributed by atoms with Crippen LogP contribution in [0.2, 0.25) is 0 Å². The van der Waals surface area contributed by atoms with Crippen LogP contribution in [0.5, 0.6) is 0 Å². The molecule has 0 radical (unpaired) electrons. The van der Waals surface area contributed by atoms with E-state index in [1.165, 1.54) is 12.2 Å². The summed E-state index contributed by atoms with van der Waals surface area (Å²) >= 11 is 0. The summed E-state index contributed by atoms with van der Waals surface area (Å²) in [6.07, 6.45) is 8.93. The van der Waals surface area contributed by atoms with Crippen LogP contribution in [0.4, 0.5) is 0 Å². The number of benzene rings is 1. The van der Waals surface area contributed by atoms with Gasteiger partial charge in [-0.3, -0.25) is 29.9 Å². The Bertz CT molecular complexity index is 1020. The van der Waals surface area contributed by atoms with Crippen molar-refractivity contribution in [3.8, 4) is 0 Å². The van der Waals surface area contributed by atoms with Crippen LogP contribution in [0.25, 0.3) is 12.2 Å².